The summed E-state index contributed by atoms with van der Waals surface area (Å²) < 4.78 is 0. The molecule has 0 aliphatic heterocycles. The summed E-state index contributed by atoms with van der Waals surface area (Å²) in [6.07, 6.45) is 6.67. The molecule has 0 saturated heterocycles. The van der Waals surface area contributed by atoms with Crippen LogP contribution >= 0.6 is 11.6 Å². The summed E-state index contributed by atoms with van der Waals surface area (Å²) in [5.74, 6) is 0.718. The molecule has 0 atom stereocenters. The Morgan fingerprint density at radius 1 is 1.00 bits per heavy atom. The molecule has 0 radical (unpaired) electrons. The third-order valence-electron chi connectivity index (χ3n) is 4.10. The van der Waals surface area contributed by atoms with Crippen LogP contribution in [0.3, 0.4) is 0 Å². The second kappa shape index (κ2) is 6.27. The Labute approximate surface area is 125 Å². The fourth-order valence-corrected chi connectivity index (χ4v) is 3.20. The molecule has 1 fully saturated rings. The van der Waals surface area contributed by atoms with Crippen LogP contribution in [0, 0.1) is 0 Å². The molecule has 0 bridgehead atoms. The number of pyridine rings is 1. The Balaban J connectivity index is 1.56. The van der Waals surface area contributed by atoms with Crippen LogP contribution in [0.15, 0.2) is 48.7 Å². The number of hydrogen-bond donors (Lipinski definition) is 1. The zero-order valence-electron chi connectivity index (χ0n) is 11.4. The van der Waals surface area contributed by atoms with Gasteiger partial charge in [-0.1, -0.05) is 41.9 Å². The number of nitrogens with zero attached hydrogens (tertiary/aromatic N) is 1. The molecule has 0 unspecified atom stereocenters. The van der Waals surface area contributed by atoms with Gasteiger partial charge in [0.25, 0.3) is 0 Å². The molecule has 1 aromatic heterocycles. The van der Waals surface area contributed by atoms with Crippen molar-refractivity contribution in [3.63, 3.8) is 0 Å². The molecule has 0 spiro atoms. The molecule has 2 nitrogen and oxygen atoms in total. The first-order valence-corrected chi connectivity index (χ1v) is 7.62. The Morgan fingerprint density at radius 3 is 2.45 bits per heavy atom. The molecule has 1 aromatic carbocycles. The Bertz CT molecular complexity index is 548. The second-order valence-corrected chi connectivity index (χ2v) is 5.86. The highest BCUT2D eigenvalue weighted by Gasteiger charge is 2.22. The van der Waals surface area contributed by atoms with Crippen molar-refractivity contribution in [3.8, 4) is 0 Å². The first-order chi connectivity index (χ1) is 9.81. The van der Waals surface area contributed by atoms with Crippen LogP contribution in [0.2, 0.25) is 5.15 Å². The van der Waals surface area contributed by atoms with Crippen LogP contribution < -0.4 is 5.32 Å². The molecule has 3 rings (SSSR count). The minimum absolute atomic E-state index is 0.549. The average Bonchev–Trinajstić information content (AvgIpc) is 2.49. The van der Waals surface area contributed by atoms with E-state index in [9.17, 15) is 0 Å². The van der Waals surface area contributed by atoms with Crippen molar-refractivity contribution in [2.75, 3.05) is 5.32 Å². The van der Waals surface area contributed by atoms with Gasteiger partial charge in [-0.2, -0.15) is 0 Å². The maximum atomic E-state index is 5.91. The van der Waals surface area contributed by atoms with E-state index in [-0.39, 0.29) is 0 Å². The standard InChI is InChI=1S/C17H19ClN2/c18-17-12-16(10-11-19-17)20-15-8-6-14(7-9-15)13-4-2-1-3-5-13/h1-5,10-12,14-15H,6-9H2,(H,19,20). The Kier molecular flexibility index (Phi) is 4.22. The molecule has 20 heavy (non-hydrogen) atoms. The van der Waals surface area contributed by atoms with E-state index in [2.05, 4.69) is 40.6 Å². The normalized spacial score (nSPS) is 22.4. The van der Waals surface area contributed by atoms with E-state index in [1.54, 1.807) is 6.20 Å². The maximum Gasteiger partial charge on any atom is 0.131 e. The van der Waals surface area contributed by atoms with Gasteiger partial charge in [-0.25, -0.2) is 4.98 Å². The van der Waals surface area contributed by atoms with Crippen LogP contribution in [0.5, 0.6) is 0 Å². The van der Waals surface area contributed by atoms with Gasteiger partial charge in [0, 0.05) is 17.9 Å². The van der Waals surface area contributed by atoms with Gasteiger partial charge < -0.3 is 5.32 Å². The lowest BCUT2D eigenvalue weighted by Gasteiger charge is -2.30. The van der Waals surface area contributed by atoms with E-state index >= 15 is 0 Å². The number of benzene rings is 1. The molecule has 3 heteroatoms. The van der Waals surface area contributed by atoms with Gasteiger partial charge in [0.05, 0.1) is 0 Å². The van der Waals surface area contributed by atoms with E-state index in [0.717, 1.165) is 11.6 Å². The monoisotopic (exact) mass is 286 g/mol. The van der Waals surface area contributed by atoms with E-state index in [4.69, 9.17) is 11.6 Å². The molecule has 1 saturated carbocycles. The largest absolute Gasteiger partial charge is 0.382 e. The zero-order valence-corrected chi connectivity index (χ0v) is 12.2. The predicted molar refractivity (Wildman–Crippen MR) is 84.3 cm³/mol. The Hall–Kier alpha value is -1.54. The average molecular weight is 287 g/mol. The lowest BCUT2D eigenvalue weighted by molar-refractivity contribution is 0.412. The number of aromatic nitrogens is 1. The Morgan fingerprint density at radius 2 is 1.75 bits per heavy atom. The van der Waals surface area contributed by atoms with Gasteiger partial charge in [0.2, 0.25) is 0 Å². The van der Waals surface area contributed by atoms with Crippen molar-refractivity contribution in [1.82, 2.24) is 4.98 Å². The molecule has 0 amide bonds. The van der Waals surface area contributed by atoms with Crippen molar-refractivity contribution >= 4 is 17.3 Å². The zero-order chi connectivity index (χ0) is 13.8. The smallest absolute Gasteiger partial charge is 0.131 e. The summed E-state index contributed by atoms with van der Waals surface area (Å²) in [6, 6.07) is 15.3. The van der Waals surface area contributed by atoms with Crippen LogP contribution in [0.25, 0.3) is 0 Å². The highest BCUT2D eigenvalue weighted by Crippen LogP contribution is 2.33. The van der Waals surface area contributed by atoms with E-state index < -0.39 is 0 Å². The summed E-state index contributed by atoms with van der Waals surface area (Å²) in [5, 5.41) is 4.12. The number of anilines is 1. The van der Waals surface area contributed by atoms with E-state index in [1.165, 1.54) is 31.2 Å². The van der Waals surface area contributed by atoms with Crippen molar-refractivity contribution in [3.05, 3.63) is 59.4 Å². The number of hydrogen-bond acceptors (Lipinski definition) is 2. The lowest BCUT2D eigenvalue weighted by atomic mass is 9.82. The van der Waals surface area contributed by atoms with E-state index in [1.807, 2.05) is 12.1 Å². The van der Waals surface area contributed by atoms with Gasteiger partial charge in [-0.15, -0.1) is 0 Å². The van der Waals surface area contributed by atoms with Gasteiger partial charge in [-0.05, 0) is 49.3 Å². The van der Waals surface area contributed by atoms with Crippen LogP contribution in [0.4, 0.5) is 5.69 Å². The third-order valence-corrected chi connectivity index (χ3v) is 4.30. The highest BCUT2D eigenvalue weighted by atomic mass is 35.5. The van der Waals surface area contributed by atoms with Crippen LogP contribution in [-0.4, -0.2) is 11.0 Å². The molecule has 1 aliphatic rings. The summed E-state index contributed by atoms with van der Waals surface area (Å²) >= 11 is 5.91. The molecule has 1 heterocycles. The topological polar surface area (TPSA) is 24.9 Å². The van der Waals surface area contributed by atoms with Gasteiger partial charge >= 0.3 is 0 Å². The summed E-state index contributed by atoms with van der Waals surface area (Å²) in [4.78, 5) is 4.01. The molecular weight excluding hydrogens is 268 g/mol. The minimum atomic E-state index is 0.549. The fourth-order valence-electron chi connectivity index (χ4n) is 3.02. The quantitative estimate of drug-likeness (QED) is 0.814. The van der Waals surface area contributed by atoms with Crippen molar-refractivity contribution in [1.29, 1.82) is 0 Å². The number of halogens is 1. The van der Waals surface area contributed by atoms with Gasteiger partial charge in [0.15, 0.2) is 0 Å². The van der Waals surface area contributed by atoms with Crippen LogP contribution in [-0.2, 0) is 0 Å². The van der Waals surface area contributed by atoms with Crippen molar-refractivity contribution < 1.29 is 0 Å². The first-order valence-electron chi connectivity index (χ1n) is 7.24. The number of rotatable bonds is 3. The van der Waals surface area contributed by atoms with Crippen molar-refractivity contribution in [2.45, 2.75) is 37.6 Å². The molecular formula is C17H19ClN2. The maximum absolute atomic E-state index is 5.91. The fraction of sp³-hybridized carbons (Fsp3) is 0.353. The van der Waals surface area contributed by atoms with Gasteiger partial charge in [0.1, 0.15) is 5.15 Å². The second-order valence-electron chi connectivity index (χ2n) is 5.47. The molecule has 104 valence electrons. The van der Waals surface area contributed by atoms with Gasteiger partial charge in [-0.3, -0.25) is 0 Å². The van der Waals surface area contributed by atoms with Crippen LogP contribution in [0.1, 0.15) is 37.2 Å². The van der Waals surface area contributed by atoms with Crippen molar-refractivity contribution in [2.24, 2.45) is 0 Å². The lowest BCUT2D eigenvalue weighted by Crippen LogP contribution is -2.25. The molecule has 1 N–H and O–H groups in total. The highest BCUT2D eigenvalue weighted by molar-refractivity contribution is 6.29. The summed E-state index contributed by atoms with van der Waals surface area (Å²) in [7, 11) is 0. The molecule has 2 aromatic rings. The summed E-state index contributed by atoms with van der Waals surface area (Å²) in [5.41, 5.74) is 2.56. The SMILES string of the molecule is Clc1cc(NC2CCC(c3ccccc3)CC2)ccn1. The number of nitrogens with one attached hydrogen (secondary N) is 1. The third kappa shape index (κ3) is 3.31. The van der Waals surface area contributed by atoms with E-state index in [0.29, 0.717) is 11.2 Å². The predicted octanol–water partition coefficient (Wildman–Crippen LogP) is 4.87. The minimum Gasteiger partial charge on any atom is -0.382 e. The molecule has 1 aliphatic carbocycles. The summed E-state index contributed by atoms with van der Waals surface area (Å²) in [6.45, 7) is 0. The first kappa shape index (κ1) is 13.4.